The summed E-state index contributed by atoms with van der Waals surface area (Å²) in [5.74, 6) is -0.0750. The molecule has 0 saturated carbocycles. The van der Waals surface area contributed by atoms with Crippen molar-refractivity contribution in [1.82, 2.24) is 4.98 Å². The predicted molar refractivity (Wildman–Crippen MR) is 44.9 cm³/mol. The van der Waals surface area contributed by atoms with Gasteiger partial charge in [0.05, 0.1) is 11.4 Å². The maximum Gasteiger partial charge on any atom is 0.422 e. The Labute approximate surface area is 78.7 Å². The lowest BCUT2D eigenvalue weighted by Gasteiger charge is -2.09. The summed E-state index contributed by atoms with van der Waals surface area (Å²) in [4.78, 5) is 3.73. The van der Waals surface area contributed by atoms with E-state index in [4.69, 9.17) is 5.73 Å². The molecule has 1 heterocycles. The molecule has 1 aromatic heterocycles. The minimum atomic E-state index is -4.35. The number of aryl methyl sites for hydroxylation is 1. The highest BCUT2D eigenvalue weighted by atomic mass is 19.4. The van der Waals surface area contributed by atoms with Crippen LogP contribution in [0.5, 0.6) is 5.88 Å². The number of nitrogen functional groups attached to an aromatic ring is 1. The molecule has 0 fully saturated rings. The number of halogens is 3. The summed E-state index contributed by atoms with van der Waals surface area (Å²) in [6.07, 6.45) is -4.35. The molecule has 3 nitrogen and oxygen atoms in total. The quantitative estimate of drug-likeness (QED) is 0.804. The zero-order valence-corrected chi connectivity index (χ0v) is 7.43. The molecule has 0 aliphatic carbocycles. The summed E-state index contributed by atoms with van der Waals surface area (Å²) in [7, 11) is 0. The third-order valence-corrected chi connectivity index (χ3v) is 1.48. The Bertz CT molecular complexity index is 325. The molecule has 0 saturated heterocycles. The van der Waals surface area contributed by atoms with E-state index in [2.05, 4.69) is 9.72 Å². The van der Waals surface area contributed by atoms with Crippen molar-refractivity contribution in [3.63, 3.8) is 0 Å². The second-order valence-electron chi connectivity index (χ2n) is 2.73. The van der Waals surface area contributed by atoms with Gasteiger partial charge in [-0.05, 0) is 13.0 Å². The first-order valence-corrected chi connectivity index (χ1v) is 3.81. The fourth-order valence-corrected chi connectivity index (χ4v) is 0.785. The van der Waals surface area contributed by atoms with E-state index in [-0.39, 0.29) is 5.88 Å². The number of aromatic nitrogens is 1. The summed E-state index contributed by atoms with van der Waals surface area (Å²) < 4.78 is 39.6. The molecule has 1 aromatic rings. The number of pyridine rings is 1. The fourth-order valence-electron chi connectivity index (χ4n) is 0.785. The van der Waals surface area contributed by atoms with Crippen molar-refractivity contribution in [3.05, 3.63) is 17.8 Å². The van der Waals surface area contributed by atoms with Crippen LogP contribution in [0.15, 0.2) is 12.1 Å². The van der Waals surface area contributed by atoms with Crippen LogP contribution < -0.4 is 10.5 Å². The Morgan fingerprint density at radius 3 is 2.57 bits per heavy atom. The predicted octanol–water partition coefficient (Wildman–Crippen LogP) is 1.91. The zero-order valence-electron chi connectivity index (χ0n) is 7.43. The third kappa shape index (κ3) is 3.12. The molecule has 0 amide bonds. The van der Waals surface area contributed by atoms with Crippen LogP contribution in [0.25, 0.3) is 0 Å². The summed E-state index contributed by atoms with van der Waals surface area (Å²) in [5.41, 5.74) is 6.30. The molecular weight excluding hydrogens is 197 g/mol. The van der Waals surface area contributed by atoms with Crippen molar-refractivity contribution in [2.24, 2.45) is 0 Å². The van der Waals surface area contributed by atoms with E-state index < -0.39 is 12.8 Å². The van der Waals surface area contributed by atoms with E-state index in [0.29, 0.717) is 11.4 Å². The largest absolute Gasteiger partial charge is 0.468 e. The van der Waals surface area contributed by atoms with Gasteiger partial charge in [-0.1, -0.05) is 0 Å². The lowest BCUT2D eigenvalue weighted by molar-refractivity contribution is -0.154. The van der Waals surface area contributed by atoms with Crippen molar-refractivity contribution < 1.29 is 17.9 Å². The van der Waals surface area contributed by atoms with Gasteiger partial charge in [-0.3, -0.25) is 0 Å². The second-order valence-corrected chi connectivity index (χ2v) is 2.73. The van der Waals surface area contributed by atoms with Crippen LogP contribution in [0, 0.1) is 6.92 Å². The van der Waals surface area contributed by atoms with Gasteiger partial charge in [0.15, 0.2) is 6.61 Å². The first-order valence-electron chi connectivity index (χ1n) is 3.81. The molecule has 0 radical (unpaired) electrons. The smallest absolute Gasteiger partial charge is 0.422 e. The van der Waals surface area contributed by atoms with Crippen molar-refractivity contribution in [2.45, 2.75) is 13.1 Å². The summed E-state index contributed by atoms with van der Waals surface area (Å²) >= 11 is 0. The normalized spacial score (nSPS) is 11.4. The van der Waals surface area contributed by atoms with Crippen LogP contribution in [-0.4, -0.2) is 17.8 Å². The lowest BCUT2D eigenvalue weighted by atomic mass is 10.3. The molecular formula is C8H9F3N2O. The maximum absolute atomic E-state index is 11.7. The number of anilines is 1. The number of hydrogen-bond acceptors (Lipinski definition) is 3. The molecule has 0 unspecified atom stereocenters. The van der Waals surface area contributed by atoms with E-state index in [0.717, 1.165) is 0 Å². The van der Waals surface area contributed by atoms with Gasteiger partial charge in [0.25, 0.3) is 0 Å². The molecule has 0 aliphatic heterocycles. The standard InChI is InChI=1S/C8H9F3N2O/c1-5-6(12)2-3-7(13-5)14-4-8(9,10)11/h2-3H,4,12H2,1H3. The molecule has 78 valence electrons. The van der Waals surface area contributed by atoms with Gasteiger partial charge in [-0.25, -0.2) is 4.98 Å². The number of nitrogens with zero attached hydrogens (tertiary/aromatic N) is 1. The van der Waals surface area contributed by atoms with Crippen LogP contribution in [-0.2, 0) is 0 Å². The average molecular weight is 206 g/mol. The highest BCUT2D eigenvalue weighted by Crippen LogP contribution is 2.18. The third-order valence-electron chi connectivity index (χ3n) is 1.48. The van der Waals surface area contributed by atoms with E-state index in [9.17, 15) is 13.2 Å². The van der Waals surface area contributed by atoms with Crippen LogP contribution >= 0.6 is 0 Å². The maximum atomic E-state index is 11.7. The molecule has 1 rings (SSSR count). The van der Waals surface area contributed by atoms with Crippen molar-refractivity contribution in [2.75, 3.05) is 12.3 Å². The zero-order chi connectivity index (χ0) is 10.8. The van der Waals surface area contributed by atoms with Gasteiger partial charge in [0.1, 0.15) is 0 Å². The minimum absolute atomic E-state index is 0.0750. The van der Waals surface area contributed by atoms with E-state index in [1.807, 2.05) is 0 Å². The number of rotatable bonds is 2. The molecule has 0 aliphatic rings. The Morgan fingerprint density at radius 2 is 2.07 bits per heavy atom. The van der Waals surface area contributed by atoms with Crippen LogP contribution in [0.1, 0.15) is 5.69 Å². The Morgan fingerprint density at radius 1 is 1.43 bits per heavy atom. The molecule has 0 spiro atoms. The van der Waals surface area contributed by atoms with Gasteiger partial charge in [0, 0.05) is 6.07 Å². The van der Waals surface area contributed by atoms with E-state index in [1.54, 1.807) is 6.92 Å². The number of ether oxygens (including phenoxy) is 1. The summed E-state index contributed by atoms with van der Waals surface area (Å²) in [6, 6.07) is 2.75. The van der Waals surface area contributed by atoms with Gasteiger partial charge < -0.3 is 10.5 Å². The molecule has 14 heavy (non-hydrogen) atoms. The van der Waals surface area contributed by atoms with E-state index in [1.165, 1.54) is 12.1 Å². The summed E-state index contributed by atoms with van der Waals surface area (Å²) in [5, 5.41) is 0. The van der Waals surface area contributed by atoms with Gasteiger partial charge >= 0.3 is 6.18 Å². The molecule has 0 aromatic carbocycles. The molecule has 2 N–H and O–H groups in total. The van der Waals surface area contributed by atoms with Gasteiger partial charge in [-0.2, -0.15) is 13.2 Å². The van der Waals surface area contributed by atoms with Gasteiger partial charge in [-0.15, -0.1) is 0 Å². The van der Waals surface area contributed by atoms with Crippen LogP contribution in [0.2, 0.25) is 0 Å². The Kier molecular flexibility index (Phi) is 2.83. The van der Waals surface area contributed by atoms with E-state index >= 15 is 0 Å². The Hall–Kier alpha value is -1.46. The molecule has 0 bridgehead atoms. The van der Waals surface area contributed by atoms with Crippen LogP contribution in [0.4, 0.5) is 18.9 Å². The SMILES string of the molecule is Cc1nc(OCC(F)(F)F)ccc1N. The monoisotopic (exact) mass is 206 g/mol. The molecule has 0 atom stereocenters. The topological polar surface area (TPSA) is 48.1 Å². The lowest BCUT2D eigenvalue weighted by Crippen LogP contribution is -2.19. The second kappa shape index (κ2) is 3.73. The highest BCUT2D eigenvalue weighted by molar-refractivity contribution is 5.43. The summed E-state index contributed by atoms with van der Waals surface area (Å²) in [6.45, 7) is 0.249. The Balaban J connectivity index is 2.65. The highest BCUT2D eigenvalue weighted by Gasteiger charge is 2.28. The number of nitrogens with two attached hydrogens (primary N) is 1. The van der Waals surface area contributed by atoms with Crippen molar-refractivity contribution in [1.29, 1.82) is 0 Å². The van der Waals surface area contributed by atoms with Crippen molar-refractivity contribution in [3.8, 4) is 5.88 Å². The van der Waals surface area contributed by atoms with Crippen molar-refractivity contribution >= 4 is 5.69 Å². The van der Waals surface area contributed by atoms with Crippen LogP contribution in [0.3, 0.4) is 0 Å². The number of hydrogen-bond donors (Lipinski definition) is 1. The molecule has 6 heteroatoms. The first kappa shape index (κ1) is 10.6. The first-order chi connectivity index (χ1) is 6.38. The number of alkyl halides is 3. The fraction of sp³-hybridized carbons (Fsp3) is 0.375. The minimum Gasteiger partial charge on any atom is -0.468 e. The average Bonchev–Trinajstić information content (AvgIpc) is 2.06. The van der Waals surface area contributed by atoms with Gasteiger partial charge in [0.2, 0.25) is 5.88 Å².